The quantitative estimate of drug-likeness (QED) is 0.186. The highest BCUT2D eigenvalue weighted by Crippen LogP contribution is 2.68. The van der Waals surface area contributed by atoms with Gasteiger partial charge in [0.1, 0.15) is 0 Å². The molecule has 0 aliphatic heterocycles. The van der Waals surface area contributed by atoms with E-state index in [1.807, 2.05) is 0 Å². The number of esters is 1. The molecule has 4 rings (SSSR count). The summed E-state index contributed by atoms with van der Waals surface area (Å²) >= 11 is 0. The van der Waals surface area contributed by atoms with E-state index in [4.69, 9.17) is 4.74 Å². The third-order valence-electron chi connectivity index (χ3n) is 11.2. The van der Waals surface area contributed by atoms with Gasteiger partial charge in [-0.25, -0.2) is 0 Å². The smallest absolute Gasteiger partial charge is 0.305 e. The lowest BCUT2D eigenvalue weighted by atomic mass is 9.43. The van der Waals surface area contributed by atoms with Crippen LogP contribution in [0.3, 0.4) is 0 Å². The monoisotopic (exact) mass is 509 g/mol. The van der Waals surface area contributed by atoms with Gasteiger partial charge in [-0.15, -0.1) is 10.1 Å². The Morgan fingerprint density at radius 1 is 1.03 bits per heavy atom. The van der Waals surface area contributed by atoms with Gasteiger partial charge < -0.3 is 19.8 Å². The van der Waals surface area contributed by atoms with Crippen molar-refractivity contribution in [1.82, 2.24) is 0 Å². The highest BCUT2D eigenvalue weighted by Gasteiger charge is 2.62. The lowest BCUT2D eigenvalue weighted by molar-refractivity contribution is -0.757. The van der Waals surface area contributed by atoms with Crippen LogP contribution >= 0.6 is 0 Å². The molecule has 0 aromatic carbocycles. The van der Waals surface area contributed by atoms with Crippen molar-refractivity contribution in [3.63, 3.8) is 0 Å². The fraction of sp³-hybridized carbons (Fsp3) is 0.964. The molecular weight excluding hydrogens is 462 g/mol. The summed E-state index contributed by atoms with van der Waals surface area (Å²) in [7, 11) is 0. The Morgan fingerprint density at radius 3 is 2.47 bits per heavy atom. The summed E-state index contributed by atoms with van der Waals surface area (Å²) in [6.45, 7) is 7.49. The first kappa shape index (κ1) is 27.6. The number of unbranched alkanes of at least 4 members (excludes halogenated alkanes) is 1. The van der Waals surface area contributed by atoms with Crippen LogP contribution in [0.5, 0.6) is 0 Å². The molecule has 4 aliphatic rings. The SMILES string of the molecule is CC(CCC(=O)OCCCCO[N+](=O)[O-])[C@H]1CCC2C3C(CCC21C)C1(C)CC[C@@H](O)CC1C[C@@H]3O. The number of rotatable bonds is 10. The first-order chi connectivity index (χ1) is 17.1. The van der Waals surface area contributed by atoms with Gasteiger partial charge >= 0.3 is 5.97 Å². The van der Waals surface area contributed by atoms with Crippen LogP contribution in [0, 0.1) is 56.5 Å². The van der Waals surface area contributed by atoms with Crippen LogP contribution in [-0.2, 0) is 14.4 Å². The predicted molar refractivity (Wildman–Crippen MR) is 134 cm³/mol. The molecule has 206 valence electrons. The van der Waals surface area contributed by atoms with E-state index in [9.17, 15) is 25.1 Å². The minimum absolute atomic E-state index is 0.0291. The topological polar surface area (TPSA) is 119 Å². The maximum atomic E-state index is 12.3. The third kappa shape index (κ3) is 5.40. The number of carbonyl (C=O) groups is 1. The Labute approximate surface area is 215 Å². The standard InChI is InChI=1S/C28H47NO7/c1-18(6-9-25(32)35-14-4-5-15-36-29(33)34)21-7-8-22-26-23(11-13-28(21,22)3)27(2)12-10-20(30)16-19(27)17-24(26)31/h18-24,26,30-31H,4-17H2,1-3H3/t18?,19?,20-,21-,22?,23?,24+,26?,27?,28?/m1/s1. The number of hydrogen-bond donors (Lipinski definition) is 2. The Kier molecular flexibility index (Phi) is 8.55. The normalized spacial score (nSPS) is 42.5. The minimum Gasteiger partial charge on any atom is -0.466 e. The zero-order chi connectivity index (χ0) is 26.1. The molecular formula is C28H47NO7. The second-order valence-corrected chi connectivity index (χ2v) is 13.0. The zero-order valence-electron chi connectivity index (χ0n) is 22.4. The summed E-state index contributed by atoms with van der Waals surface area (Å²) in [6, 6.07) is 0. The molecule has 0 spiro atoms. The Balaban J connectivity index is 1.30. The van der Waals surface area contributed by atoms with E-state index in [0.717, 1.165) is 32.1 Å². The summed E-state index contributed by atoms with van der Waals surface area (Å²) < 4.78 is 5.33. The van der Waals surface area contributed by atoms with E-state index in [0.29, 0.717) is 54.8 Å². The van der Waals surface area contributed by atoms with Crippen LogP contribution in [0.25, 0.3) is 0 Å². The molecule has 36 heavy (non-hydrogen) atoms. The second kappa shape index (κ2) is 11.1. The number of hydrogen-bond acceptors (Lipinski definition) is 7. The number of fused-ring (bicyclic) bond motifs is 5. The van der Waals surface area contributed by atoms with Crippen molar-refractivity contribution in [3.05, 3.63) is 10.1 Å². The fourth-order valence-corrected chi connectivity index (χ4v) is 9.32. The summed E-state index contributed by atoms with van der Waals surface area (Å²) in [5, 5.41) is 31.0. The van der Waals surface area contributed by atoms with Crippen LogP contribution in [0.4, 0.5) is 0 Å². The van der Waals surface area contributed by atoms with Gasteiger partial charge in [0.2, 0.25) is 0 Å². The largest absolute Gasteiger partial charge is 0.466 e. The van der Waals surface area contributed by atoms with Crippen LogP contribution in [0.15, 0.2) is 0 Å². The molecule has 8 nitrogen and oxygen atoms in total. The Hall–Kier alpha value is -1.41. The van der Waals surface area contributed by atoms with Crippen molar-refractivity contribution >= 4 is 5.97 Å². The van der Waals surface area contributed by atoms with Gasteiger partial charge in [-0.05, 0) is 117 Å². The number of aliphatic hydroxyl groups is 2. The molecule has 0 aromatic heterocycles. The molecule has 2 N–H and O–H groups in total. The minimum atomic E-state index is -0.804. The molecule has 0 bridgehead atoms. The van der Waals surface area contributed by atoms with Crippen molar-refractivity contribution in [3.8, 4) is 0 Å². The van der Waals surface area contributed by atoms with Gasteiger partial charge in [-0.3, -0.25) is 4.79 Å². The predicted octanol–water partition coefficient (Wildman–Crippen LogP) is 4.93. The van der Waals surface area contributed by atoms with Crippen LogP contribution in [0.2, 0.25) is 0 Å². The zero-order valence-corrected chi connectivity index (χ0v) is 22.4. The van der Waals surface area contributed by atoms with Crippen molar-refractivity contribution < 1.29 is 29.7 Å². The van der Waals surface area contributed by atoms with Gasteiger partial charge in [-0.1, -0.05) is 20.8 Å². The molecule has 4 saturated carbocycles. The summed E-state index contributed by atoms with van der Waals surface area (Å²) in [5.74, 6) is 2.68. The van der Waals surface area contributed by atoms with Gasteiger partial charge in [-0.2, -0.15) is 0 Å². The first-order valence-electron chi connectivity index (χ1n) is 14.3. The summed E-state index contributed by atoms with van der Waals surface area (Å²) in [6.07, 6.45) is 10.2. The molecule has 0 heterocycles. The van der Waals surface area contributed by atoms with E-state index in [2.05, 4.69) is 25.6 Å². The van der Waals surface area contributed by atoms with Crippen LogP contribution < -0.4 is 0 Å². The highest BCUT2D eigenvalue weighted by atomic mass is 16.9. The summed E-state index contributed by atoms with van der Waals surface area (Å²) in [5.41, 5.74) is 0.452. The van der Waals surface area contributed by atoms with Crippen LogP contribution in [0.1, 0.15) is 97.8 Å². The summed E-state index contributed by atoms with van der Waals surface area (Å²) in [4.78, 5) is 26.7. The number of ether oxygens (including phenoxy) is 1. The van der Waals surface area contributed by atoms with E-state index >= 15 is 0 Å². The maximum Gasteiger partial charge on any atom is 0.305 e. The Morgan fingerprint density at radius 2 is 1.72 bits per heavy atom. The molecule has 0 aromatic rings. The van der Waals surface area contributed by atoms with E-state index in [1.165, 1.54) is 25.7 Å². The molecule has 0 saturated heterocycles. The van der Waals surface area contributed by atoms with Gasteiger partial charge in [0, 0.05) is 6.42 Å². The fourth-order valence-electron chi connectivity index (χ4n) is 9.32. The molecule has 8 heteroatoms. The van der Waals surface area contributed by atoms with Crippen LogP contribution in [-0.4, -0.2) is 46.7 Å². The van der Waals surface area contributed by atoms with Crippen molar-refractivity contribution in [2.75, 3.05) is 13.2 Å². The molecule has 4 aliphatic carbocycles. The molecule has 0 amide bonds. The lowest BCUT2D eigenvalue weighted by Crippen LogP contribution is -2.58. The molecule has 10 atom stereocenters. The van der Waals surface area contributed by atoms with Crippen molar-refractivity contribution in [2.45, 2.75) is 110 Å². The van der Waals surface area contributed by atoms with Gasteiger partial charge in [0.25, 0.3) is 5.09 Å². The maximum absolute atomic E-state index is 12.3. The van der Waals surface area contributed by atoms with Crippen molar-refractivity contribution in [1.29, 1.82) is 0 Å². The molecule has 4 fully saturated rings. The van der Waals surface area contributed by atoms with E-state index < -0.39 is 5.09 Å². The average molecular weight is 510 g/mol. The molecule has 7 unspecified atom stereocenters. The van der Waals surface area contributed by atoms with E-state index in [-0.39, 0.29) is 42.2 Å². The number of aliphatic hydroxyl groups excluding tert-OH is 2. The number of nitrogens with zero attached hydrogens (tertiary/aromatic N) is 1. The lowest BCUT2D eigenvalue weighted by Gasteiger charge is -2.62. The number of carbonyl (C=O) groups excluding carboxylic acids is 1. The van der Waals surface area contributed by atoms with Gasteiger partial charge in [0.15, 0.2) is 0 Å². The Bertz CT molecular complexity index is 792. The van der Waals surface area contributed by atoms with Crippen molar-refractivity contribution in [2.24, 2.45) is 46.3 Å². The first-order valence-corrected chi connectivity index (χ1v) is 14.3. The second-order valence-electron chi connectivity index (χ2n) is 13.0. The third-order valence-corrected chi connectivity index (χ3v) is 11.2. The van der Waals surface area contributed by atoms with Gasteiger partial charge in [0.05, 0.1) is 25.4 Å². The highest BCUT2D eigenvalue weighted by molar-refractivity contribution is 5.69. The molecule has 0 radical (unpaired) electrons. The average Bonchev–Trinajstić information content (AvgIpc) is 3.18. The van der Waals surface area contributed by atoms with E-state index in [1.54, 1.807) is 0 Å².